The molecule has 94 valence electrons. The second kappa shape index (κ2) is 5.53. The van der Waals surface area contributed by atoms with Crippen molar-refractivity contribution in [3.63, 3.8) is 0 Å². The first kappa shape index (κ1) is 12.4. The molecule has 2 rings (SSSR count). The molecule has 0 aliphatic carbocycles. The van der Waals surface area contributed by atoms with E-state index in [9.17, 15) is 8.78 Å². The average Bonchev–Trinajstić information content (AvgIpc) is 2.35. The summed E-state index contributed by atoms with van der Waals surface area (Å²) in [6.07, 6.45) is 2.52. The van der Waals surface area contributed by atoms with Crippen molar-refractivity contribution in [1.82, 2.24) is 9.97 Å². The summed E-state index contributed by atoms with van der Waals surface area (Å²) in [6.45, 7) is 2.82. The van der Waals surface area contributed by atoms with E-state index in [2.05, 4.69) is 15.3 Å². The normalized spacial score (nSPS) is 10.4. The summed E-state index contributed by atoms with van der Waals surface area (Å²) in [4.78, 5) is 8.22. The predicted octanol–water partition coefficient (Wildman–Crippen LogP) is 3.24. The van der Waals surface area contributed by atoms with E-state index in [0.717, 1.165) is 19.0 Å². The Morgan fingerprint density at radius 1 is 1.17 bits per heavy atom. The highest BCUT2D eigenvalue weighted by atomic mass is 19.1. The second-order valence-corrected chi connectivity index (χ2v) is 3.85. The van der Waals surface area contributed by atoms with Crippen LogP contribution in [0.4, 0.5) is 14.6 Å². The minimum atomic E-state index is -0.638. The van der Waals surface area contributed by atoms with Crippen molar-refractivity contribution in [2.75, 3.05) is 11.9 Å². The van der Waals surface area contributed by atoms with Crippen LogP contribution in [0.5, 0.6) is 0 Å². The highest BCUT2D eigenvalue weighted by Crippen LogP contribution is 2.19. The number of nitrogens with one attached hydrogen (secondary N) is 1. The highest BCUT2D eigenvalue weighted by Gasteiger charge is 2.06. The van der Waals surface area contributed by atoms with Gasteiger partial charge in [-0.05, 0) is 24.6 Å². The van der Waals surface area contributed by atoms with Crippen LogP contribution in [0.2, 0.25) is 0 Å². The first-order valence-electron chi connectivity index (χ1n) is 5.72. The summed E-state index contributed by atoms with van der Waals surface area (Å²) in [5.41, 5.74) is 0.327. The van der Waals surface area contributed by atoms with E-state index in [1.165, 1.54) is 12.1 Å². The number of anilines is 1. The Morgan fingerprint density at radius 2 is 1.89 bits per heavy atom. The molecule has 0 aliphatic rings. The maximum absolute atomic E-state index is 13.1. The number of hydrogen-bond donors (Lipinski definition) is 1. The van der Waals surface area contributed by atoms with Crippen molar-refractivity contribution in [3.05, 3.63) is 42.1 Å². The predicted molar refractivity (Wildman–Crippen MR) is 66.2 cm³/mol. The average molecular weight is 249 g/mol. The number of hydrogen-bond acceptors (Lipinski definition) is 3. The summed E-state index contributed by atoms with van der Waals surface area (Å²) < 4.78 is 26.2. The molecular weight excluding hydrogens is 236 g/mol. The van der Waals surface area contributed by atoms with Gasteiger partial charge in [-0.3, -0.25) is 0 Å². The largest absolute Gasteiger partial charge is 0.370 e. The minimum absolute atomic E-state index is 0.300. The molecule has 0 saturated heterocycles. The zero-order valence-electron chi connectivity index (χ0n) is 9.95. The minimum Gasteiger partial charge on any atom is -0.370 e. The highest BCUT2D eigenvalue weighted by molar-refractivity contribution is 5.57. The molecule has 1 aromatic heterocycles. The van der Waals surface area contributed by atoms with E-state index in [1.54, 1.807) is 12.3 Å². The van der Waals surface area contributed by atoms with Gasteiger partial charge in [0, 0.05) is 24.4 Å². The van der Waals surface area contributed by atoms with Crippen LogP contribution in [-0.4, -0.2) is 16.5 Å². The molecule has 0 fully saturated rings. The molecule has 0 atom stereocenters. The van der Waals surface area contributed by atoms with Crippen LogP contribution < -0.4 is 5.32 Å². The molecule has 0 aliphatic heterocycles. The van der Waals surface area contributed by atoms with Crippen LogP contribution >= 0.6 is 0 Å². The molecule has 1 heterocycles. The molecule has 0 bridgehead atoms. The summed E-state index contributed by atoms with van der Waals surface area (Å²) >= 11 is 0. The lowest BCUT2D eigenvalue weighted by Crippen LogP contribution is -2.03. The van der Waals surface area contributed by atoms with E-state index in [0.29, 0.717) is 17.2 Å². The first-order valence-corrected chi connectivity index (χ1v) is 5.72. The van der Waals surface area contributed by atoms with E-state index in [4.69, 9.17) is 0 Å². The van der Waals surface area contributed by atoms with Crippen molar-refractivity contribution >= 4 is 5.82 Å². The molecule has 1 aromatic carbocycles. The molecular formula is C13H13F2N3. The number of rotatable bonds is 4. The van der Waals surface area contributed by atoms with Gasteiger partial charge in [0.2, 0.25) is 0 Å². The van der Waals surface area contributed by atoms with Crippen molar-refractivity contribution in [1.29, 1.82) is 0 Å². The molecule has 2 aromatic rings. The van der Waals surface area contributed by atoms with Crippen LogP contribution in [-0.2, 0) is 0 Å². The fraction of sp³-hybridized carbons (Fsp3) is 0.231. The van der Waals surface area contributed by atoms with Gasteiger partial charge in [0.05, 0.1) is 0 Å². The summed E-state index contributed by atoms with van der Waals surface area (Å²) in [6, 6.07) is 4.96. The molecule has 0 saturated carbocycles. The van der Waals surface area contributed by atoms with Gasteiger partial charge in [0.25, 0.3) is 0 Å². The lowest BCUT2D eigenvalue weighted by molar-refractivity contribution is 0.584. The topological polar surface area (TPSA) is 37.8 Å². The third kappa shape index (κ3) is 3.00. The van der Waals surface area contributed by atoms with Gasteiger partial charge in [-0.25, -0.2) is 18.7 Å². The van der Waals surface area contributed by atoms with E-state index in [-0.39, 0.29) is 0 Å². The molecule has 0 unspecified atom stereocenters. The lowest BCUT2D eigenvalue weighted by Gasteiger charge is -2.06. The zero-order valence-corrected chi connectivity index (χ0v) is 9.95. The second-order valence-electron chi connectivity index (χ2n) is 3.85. The van der Waals surface area contributed by atoms with Gasteiger partial charge in [-0.1, -0.05) is 6.92 Å². The Morgan fingerprint density at radius 3 is 2.56 bits per heavy atom. The van der Waals surface area contributed by atoms with Crippen LogP contribution in [0.15, 0.2) is 30.5 Å². The molecule has 0 radical (unpaired) electrons. The Balaban J connectivity index is 2.32. The number of nitrogens with zero attached hydrogens (tertiary/aromatic N) is 2. The first-order chi connectivity index (χ1) is 8.69. The van der Waals surface area contributed by atoms with Gasteiger partial charge >= 0.3 is 0 Å². The Hall–Kier alpha value is -2.04. The molecule has 0 spiro atoms. The Labute approximate surface area is 104 Å². The van der Waals surface area contributed by atoms with Gasteiger partial charge < -0.3 is 5.32 Å². The third-order valence-electron chi connectivity index (χ3n) is 2.33. The van der Waals surface area contributed by atoms with E-state index < -0.39 is 11.6 Å². The van der Waals surface area contributed by atoms with Crippen LogP contribution in [0.3, 0.4) is 0 Å². The third-order valence-corrected chi connectivity index (χ3v) is 2.33. The summed E-state index contributed by atoms with van der Waals surface area (Å²) in [7, 11) is 0. The number of benzene rings is 1. The lowest BCUT2D eigenvalue weighted by atomic mass is 10.2. The van der Waals surface area contributed by atoms with Crippen molar-refractivity contribution < 1.29 is 8.78 Å². The summed E-state index contributed by atoms with van der Waals surface area (Å²) in [5.74, 6) is -0.331. The van der Waals surface area contributed by atoms with Gasteiger partial charge in [-0.15, -0.1) is 0 Å². The van der Waals surface area contributed by atoms with Gasteiger partial charge in [0.15, 0.2) is 5.82 Å². The van der Waals surface area contributed by atoms with Crippen molar-refractivity contribution in [3.8, 4) is 11.4 Å². The quantitative estimate of drug-likeness (QED) is 0.903. The molecule has 5 heteroatoms. The van der Waals surface area contributed by atoms with Gasteiger partial charge in [-0.2, -0.15) is 0 Å². The van der Waals surface area contributed by atoms with E-state index >= 15 is 0 Å². The smallest absolute Gasteiger partial charge is 0.161 e. The van der Waals surface area contributed by atoms with Gasteiger partial charge in [0.1, 0.15) is 17.5 Å². The monoisotopic (exact) mass is 249 g/mol. The fourth-order valence-electron chi connectivity index (χ4n) is 1.53. The molecule has 1 N–H and O–H groups in total. The maximum Gasteiger partial charge on any atom is 0.161 e. The van der Waals surface area contributed by atoms with Crippen LogP contribution in [0.25, 0.3) is 11.4 Å². The fourth-order valence-corrected chi connectivity index (χ4v) is 1.53. The zero-order chi connectivity index (χ0) is 13.0. The van der Waals surface area contributed by atoms with Crippen LogP contribution in [0, 0.1) is 11.6 Å². The van der Waals surface area contributed by atoms with Crippen molar-refractivity contribution in [2.24, 2.45) is 0 Å². The number of aromatic nitrogens is 2. The standard InChI is InChI=1S/C13H13F2N3/c1-2-4-16-12-3-5-17-13(18-12)9-6-10(14)8-11(15)7-9/h3,5-8H,2,4H2,1H3,(H,16,17,18). The number of halogens is 2. The Bertz CT molecular complexity index is 523. The van der Waals surface area contributed by atoms with Crippen LogP contribution in [0.1, 0.15) is 13.3 Å². The SMILES string of the molecule is CCCNc1ccnc(-c2cc(F)cc(F)c2)n1. The van der Waals surface area contributed by atoms with E-state index in [1.807, 2.05) is 6.92 Å². The maximum atomic E-state index is 13.1. The van der Waals surface area contributed by atoms with Crippen molar-refractivity contribution in [2.45, 2.75) is 13.3 Å². The molecule has 18 heavy (non-hydrogen) atoms. The Kier molecular flexibility index (Phi) is 3.82. The summed E-state index contributed by atoms with van der Waals surface area (Å²) in [5, 5.41) is 3.10. The molecule has 0 amide bonds. The molecule has 3 nitrogen and oxygen atoms in total.